The van der Waals surface area contributed by atoms with E-state index in [9.17, 15) is 19.5 Å². The van der Waals surface area contributed by atoms with Crippen LogP contribution < -0.4 is 15.7 Å². The van der Waals surface area contributed by atoms with Crippen LogP contribution in [0.5, 0.6) is 5.75 Å². The predicted octanol–water partition coefficient (Wildman–Crippen LogP) is 1.22. The Morgan fingerprint density at radius 1 is 1.21 bits per heavy atom. The number of methoxy groups -OCH3 is 1. The Morgan fingerprint density at radius 3 is 2.59 bits per heavy atom. The van der Waals surface area contributed by atoms with Crippen molar-refractivity contribution < 1.29 is 23.8 Å². The number of rotatable bonds is 6. The van der Waals surface area contributed by atoms with Gasteiger partial charge in [0.25, 0.3) is 0 Å². The fourth-order valence-electron chi connectivity index (χ4n) is 3.60. The summed E-state index contributed by atoms with van der Waals surface area (Å²) < 4.78 is 10.3. The molecule has 8 heteroatoms. The Balaban J connectivity index is 1.73. The minimum absolute atomic E-state index is 0.113. The largest absolute Gasteiger partial charge is 0.497 e. The summed E-state index contributed by atoms with van der Waals surface area (Å²) in [7, 11) is 1.51. The highest BCUT2D eigenvalue weighted by Gasteiger charge is 2.26. The average Bonchev–Trinajstić information content (AvgIpc) is 3.00. The van der Waals surface area contributed by atoms with Crippen LogP contribution in [0.3, 0.4) is 0 Å². The highest BCUT2D eigenvalue weighted by molar-refractivity contribution is 5.91. The molecule has 1 atom stereocenters. The average molecular weight is 402 g/mol. The van der Waals surface area contributed by atoms with Gasteiger partial charge in [-0.1, -0.05) is 12.8 Å². The number of benzene rings is 1. The number of carbonyl (C=O) groups is 2. The lowest BCUT2D eigenvalue weighted by molar-refractivity contribution is -0.137. The monoisotopic (exact) mass is 402 g/mol. The molecule has 0 aliphatic carbocycles. The third kappa shape index (κ3) is 5.14. The Morgan fingerprint density at radius 2 is 1.93 bits per heavy atom. The molecule has 0 unspecified atom stereocenters. The first-order valence-corrected chi connectivity index (χ1v) is 9.81. The Hall–Kier alpha value is -2.87. The molecule has 2 N–H and O–H groups in total. The molecule has 2 aromatic rings. The minimum atomic E-state index is -0.993. The molecule has 1 fully saturated rings. The smallest absolute Gasteiger partial charge is 0.336 e. The van der Waals surface area contributed by atoms with Gasteiger partial charge in [-0.05, 0) is 30.5 Å². The van der Waals surface area contributed by atoms with Gasteiger partial charge in [0.15, 0.2) is 0 Å². The van der Waals surface area contributed by atoms with Crippen molar-refractivity contribution in [3.8, 4) is 5.75 Å². The molecule has 1 saturated heterocycles. The fraction of sp³-hybridized carbons (Fsp3) is 0.476. The van der Waals surface area contributed by atoms with E-state index in [4.69, 9.17) is 9.15 Å². The van der Waals surface area contributed by atoms with Gasteiger partial charge in [0.2, 0.25) is 11.8 Å². The van der Waals surface area contributed by atoms with Crippen LogP contribution >= 0.6 is 0 Å². The minimum Gasteiger partial charge on any atom is -0.497 e. The van der Waals surface area contributed by atoms with E-state index < -0.39 is 24.2 Å². The normalized spacial score (nSPS) is 15.6. The van der Waals surface area contributed by atoms with Crippen LogP contribution in [0.4, 0.5) is 0 Å². The Labute approximate surface area is 168 Å². The summed E-state index contributed by atoms with van der Waals surface area (Å²) in [6.45, 7) is 0.796. The zero-order chi connectivity index (χ0) is 20.8. The first kappa shape index (κ1) is 20.9. The van der Waals surface area contributed by atoms with E-state index >= 15 is 0 Å². The molecule has 8 nitrogen and oxygen atoms in total. The second kappa shape index (κ2) is 9.56. The standard InChI is InChI=1S/C21H26N2O6/c1-28-15-6-7-16-14(11-20(26)29-18(16)12-15)10-19(25)22-17(13-24)21(27)23-8-4-2-3-5-9-23/h6-7,11-12,17,24H,2-5,8-10,13H2,1H3,(H,22,25)/t17-/m0/s1. The maximum absolute atomic E-state index is 12.7. The van der Waals surface area contributed by atoms with Crippen molar-refractivity contribution in [2.75, 3.05) is 26.8 Å². The lowest BCUT2D eigenvalue weighted by atomic mass is 10.1. The number of amides is 2. The number of aliphatic hydroxyl groups is 1. The second-order valence-corrected chi connectivity index (χ2v) is 7.17. The van der Waals surface area contributed by atoms with Gasteiger partial charge in [-0.25, -0.2) is 4.79 Å². The maximum atomic E-state index is 12.7. The van der Waals surface area contributed by atoms with E-state index in [0.29, 0.717) is 35.4 Å². The third-order valence-corrected chi connectivity index (χ3v) is 5.12. The molecule has 1 aliphatic heterocycles. The lowest BCUT2D eigenvalue weighted by Gasteiger charge is -2.25. The third-order valence-electron chi connectivity index (χ3n) is 5.12. The number of fused-ring (bicyclic) bond motifs is 1. The summed E-state index contributed by atoms with van der Waals surface area (Å²) in [4.78, 5) is 38.8. The molecular weight excluding hydrogens is 376 g/mol. The predicted molar refractivity (Wildman–Crippen MR) is 107 cm³/mol. The number of hydrogen-bond acceptors (Lipinski definition) is 6. The van der Waals surface area contributed by atoms with Crippen LogP contribution in [0.1, 0.15) is 31.2 Å². The Kier molecular flexibility index (Phi) is 6.87. The van der Waals surface area contributed by atoms with E-state index in [2.05, 4.69) is 5.32 Å². The van der Waals surface area contributed by atoms with Gasteiger partial charge in [-0.15, -0.1) is 0 Å². The van der Waals surface area contributed by atoms with Crippen LogP contribution in [0, 0.1) is 0 Å². The van der Waals surface area contributed by atoms with Crippen LogP contribution in [-0.4, -0.2) is 54.7 Å². The van der Waals surface area contributed by atoms with E-state index in [0.717, 1.165) is 25.7 Å². The van der Waals surface area contributed by atoms with Gasteiger partial charge in [0, 0.05) is 30.6 Å². The highest BCUT2D eigenvalue weighted by Crippen LogP contribution is 2.22. The number of hydrogen-bond donors (Lipinski definition) is 2. The summed E-state index contributed by atoms with van der Waals surface area (Å²) >= 11 is 0. The number of aliphatic hydroxyl groups excluding tert-OH is 1. The first-order chi connectivity index (χ1) is 14.0. The van der Waals surface area contributed by atoms with Crippen molar-refractivity contribution in [3.63, 3.8) is 0 Å². The van der Waals surface area contributed by atoms with Gasteiger partial charge in [0.1, 0.15) is 17.4 Å². The van der Waals surface area contributed by atoms with Gasteiger partial charge in [-0.3, -0.25) is 9.59 Å². The molecule has 0 bridgehead atoms. The van der Waals surface area contributed by atoms with Crippen molar-refractivity contribution in [3.05, 3.63) is 40.2 Å². The van der Waals surface area contributed by atoms with Crippen molar-refractivity contribution in [2.24, 2.45) is 0 Å². The van der Waals surface area contributed by atoms with Crippen molar-refractivity contribution in [1.29, 1.82) is 0 Å². The highest BCUT2D eigenvalue weighted by atomic mass is 16.5. The number of nitrogens with one attached hydrogen (secondary N) is 1. The lowest BCUT2D eigenvalue weighted by Crippen LogP contribution is -2.51. The van der Waals surface area contributed by atoms with E-state index in [1.165, 1.54) is 13.2 Å². The molecule has 1 aromatic heterocycles. The number of likely N-dealkylation sites (tertiary alicyclic amines) is 1. The fourth-order valence-corrected chi connectivity index (χ4v) is 3.60. The van der Waals surface area contributed by atoms with Gasteiger partial charge < -0.3 is 24.5 Å². The first-order valence-electron chi connectivity index (χ1n) is 9.81. The molecule has 156 valence electrons. The number of nitrogens with zero attached hydrogens (tertiary/aromatic N) is 1. The molecule has 1 aromatic carbocycles. The summed E-state index contributed by atoms with van der Waals surface area (Å²) in [5.74, 6) is -0.189. The van der Waals surface area contributed by atoms with E-state index in [-0.39, 0.29) is 12.3 Å². The van der Waals surface area contributed by atoms with E-state index in [1.54, 1.807) is 23.1 Å². The van der Waals surface area contributed by atoms with Crippen LogP contribution in [0.2, 0.25) is 0 Å². The zero-order valence-electron chi connectivity index (χ0n) is 16.5. The van der Waals surface area contributed by atoms with Gasteiger partial charge in [0.05, 0.1) is 20.1 Å². The van der Waals surface area contributed by atoms with Gasteiger partial charge in [-0.2, -0.15) is 0 Å². The molecule has 29 heavy (non-hydrogen) atoms. The second-order valence-electron chi connectivity index (χ2n) is 7.17. The molecule has 2 heterocycles. The van der Waals surface area contributed by atoms with Crippen molar-refractivity contribution >= 4 is 22.8 Å². The summed E-state index contributed by atoms with van der Waals surface area (Å²) in [6, 6.07) is 5.28. The number of carbonyl (C=O) groups excluding carboxylic acids is 2. The van der Waals surface area contributed by atoms with E-state index in [1.807, 2.05) is 0 Å². The summed E-state index contributed by atoms with van der Waals surface area (Å²) in [5.41, 5.74) is 0.224. The topological polar surface area (TPSA) is 109 Å². The molecule has 0 radical (unpaired) electrons. The van der Waals surface area contributed by atoms with Crippen molar-refractivity contribution in [2.45, 2.75) is 38.1 Å². The molecule has 0 saturated carbocycles. The zero-order valence-corrected chi connectivity index (χ0v) is 16.5. The molecular formula is C21H26N2O6. The van der Waals surface area contributed by atoms with Gasteiger partial charge >= 0.3 is 5.63 Å². The SMILES string of the molecule is COc1ccc2c(CC(=O)N[C@@H](CO)C(=O)N3CCCCCC3)cc(=O)oc2c1. The molecule has 0 spiro atoms. The van der Waals surface area contributed by atoms with Crippen LogP contribution in [0.25, 0.3) is 11.0 Å². The van der Waals surface area contributed by atoms with Crippen LogP contribution in [-0.2, 0) is 16.0 Å². The molecule has 1 aliphatic rings. The maximum Gasteiger partial charge on any atom is 0.336 e. The van der Waals surface area contributed by atoms with Crippen LogP contribution in [0.15, 0.2) is 33.5 Å². The molecule has 2 amide bonds. The quantitative estimate of drug-likeness (QED) is 0.704. The summed E-state index contributed by atoms with van der Waals surface area (Å²) in [6.07, 6.45) is 3.89. The number of ether oxygens (including phenoxy) is 1. The van der Waals surface area contributed by atoms with Crippen molar-refractivity contribution in [1.82, 2.24) is 10.2 Å². The Bertz CT molecular complexity index is 930. The molecule has 3 rings (SSSR count). The summed E-state index contributed by atoms with van der Waals surface area (Å²) in [5, 5.41) is 12.9.